The van der Waals surface area contributed by atoms with Gasteiger partial charge >= 0.3 is 12.0 Å². The lowest BCUT2D eigenvalue weighted by molar-refractivity contribution is -0.136. The van der Waals surface area contributed by atoms with Gasteiger partial charge in [0.1, 0.15) is 6.61 Å². The lowest BCUT2D eigenvalue weighted by atomic mass is 9.95. The molecule has 236 valence electrons. The molecule has 0 fully saturated rings. The Morgan fingerprint density at radius 1 is 1.15 bits per heavy atom. The van der Waals surface area contributed by atoms with Gasteiger partial charge in [0.05, 0.1) is 43.2 Å². The number of esters is 1. The second-order valence-electron chi connectivity index (χ2n) is 10.5. The molecule has 3 aromatic carbocycles. The minimum atomic E-state index is -1.14. The molecule has 0 saturated heterocycles. The summed E-state index contributed by atoms with van der Waals surface area (Å²) < 4.78 is 18.7. The van der Waals surface area contributed by atoms with Crippen LogP contribution in [0.5, 0.6) is 11.5 Å². The molecule has 12 nitrogen and oxygen atoms in total. The van der Waals surface area contributed by atoms with Crippen molar-refractivity contribution >= 4 is 29.1 Å². The zero-order chi connectivity index (χ0) is 32.6. The third-order valence-electron chi connectivity index (χ3n) is 7.35. The quantitative estimate of drug-likeness (QED) is 0.0796. The molecular weight excluding hydrogens is 588 g/mol. The first-order chi connectivity index (χ1) is 22.3. The van der Waals surface area contributed by atoms with Crippen LogP contribution in [0.1, 0.15) is 42.1 Å². The topological polar surface area (TPSA) is 159 Å². The minimum absolute atomic E-state index is 0.145. The van der Waals surface area contributed by atoms with Crippen LogP contribution in [0.25, 0.3) is 10.9 Å². The van der Waals surface area contributed by atoms with Crippen LogP contribution in [0.15, 0.2) is 89.3 Å². The summed E-state index contributed by atoms with van der Waals surface area (Å²) in [5, 5.41) is 30.2. The van der Waals surface area contributed by atoms with E-state index >= 15 is 0 Å². The van der Waals surface area contributed by atoms with Crippen LogP contribution in [-0.4, -0.2) is 54.4 Å². The van der Waals surface area contributed by atoms with Crippen molar-refractivity contribution in [3.63, 3.8) is 0 Å². The van der Waals surface area contributed by atoms with Crippen LogP contribution >= 0.6 is 0 Å². The molecule has 4 N–H and O–H groups in total. The summed E-state index contributed by atoms with van der Waals surface area (Å²) in [4.78, 5) is 24.7. The smallest absolute Gasteiger partial charge is 0.337 e. The van der Waals surface area contributed by atoms with Crippen molar-refractivity contribution < 1.29 is 28.9 Å². The minimum Gasteiger partial charge on any atom is -0.490 e. The molecule has 1 aromatic heterocycles. The van der Waals surface area contributed by atoms with Crippen molar-refractivity contribution in [1.29, 1.82) is 5.26 Å². The highest BCUT2D eigenvalue weighted by atomic mass is 16.5. The van der Waals surface area contributed by atoms with Gasteiger partial charge < -0.3 is 34.5 Å². The number of hydrogen-bond donors (Lipinski definition) is 4. The Labute approximate surface area is 265 Å². The van der Waals surface area contributed by atoms with Gasteiger partial charge in [-0.25, -0.2) is 9.59 Å². The Morgan fingerprint density at radius 3 is 2.67 bits per heavy atom. The van der Waals surface area contributed by atoms with Gasteiger partial charge in [-0.1, -0.05) is 36.4 Å². The summed E-state index contributed by atoms with van der Waals surface area (Å²) in [7, 11) is 1.28. The first-order valence-corrected chi connectivity index (χ1v) is 14.6. The zero-order valence-corrected chi connectivity index (χ0v) is 25.6. The Bertz CT molecular complexity index is 1840. The lowest BCUT2D eigenvalue weighted by Gasteiger charge is -2.28. The number of aliphatic hydroxyl groups is 1. The second-order valence-corrected chi connectivity index (χ2v) is 10.5. The van der Waals surface area contributed by atoms with Gasteiger partial charge in [0.2, 0.25) is 0 Å². The second kappa shape index (κ2) is 14.3. The SMILES string of the molecule is CCOc1cc([C@H]2NC(=O)NC(C)=C2C(=O)OC)ccc1OC[C@@H](O)N/N=C/c1cn(Cc2ccc(C#N)cc2)c2ccccc12. The first kappa shape index (κ1) is 31.6. The maximum absolute atomic E-state index is 12.5. The number of aromatic nitrogens is 1. The molecule has 0 bridgehead atoms. The Balaban J connectivity index is 1.25. The molecule has 2 atom stereocenters. The molecule has 5 rings (SSSR count). The van der Waals surface area contributed by atoms with Crippen LogP contribution in [-0.2, 0) is 16.1 Å². The number of carbonyl (C=O) groups excluding carboxylic acids is 2. The van der Waals surface area contributed by atoms with Gasteiger partial charge in [0.15, 0.2) is 17.7 Å². The fraction of sp³-hybridized carbons (Fsp3) is 0.235. The van der Waals surface area contributed by atoms with Crippen LogP contribution < -0.4 is 25.5 Å². The van der Waals surface area contributed by atoms with Crippen molar-refractivity contribution in [3.8, 4) is 17.6 Å². The maximum atomic E-state index is 12.5. The molecule has 1 aliphatic rings. The molecule has 46 heavy (non-hydrogen) atoms. The molecule has 2 amide bonds. The van der Waals surface area contributed by atoms with Crippen molar-refractivity contribution in [2.45, 2.75) is 32.7 Å². The number of hydrogen-bond acceptors (Lipinski definition) is 9. The van der Waals surface area contributed by atoms with Crippen molar-refractivity contribution in [2.24, 2.45) is 5.10 Å². The Kier molecular flexibility index (Phi) is 9.84. The van der Waals surface area contributed by atoms with Gasteiger partial charge in [-0.05, 0) is 55.3 Å². The van der Waals surface area contributed by atoms with Crippen molar-refractivity contribution in [3.05, 3.63) is 106 Å². The van der Waals surface area contributed by atoms with E-state index in [-0.39, 0.29) is 12.2 Å². The number of nitriles is 1. The number of fused-ring (bicyclic) bond motifs is 1. The van der Waals surface area contributed by atoms with Gasteiger partial charge in [0.25, 0.3) is 0 Å². The molecule has 0 saturated carbocycles. The first-order valence-electron chi connectivity index (χ1n) is 14.6. The average molecular weight is 623 g/mol. The molecule has 0 unspecified atom stereocenters. The molecule has 12 heteroatoms. The normalized spacial score (nSPS) is 15.2. The number of benzene rings is 3. The highest BCUT2D eigenvalue weighted by Gasteiger charge is 2.32. The third-order valence-corrected chi connectivity index (χ3v) is 7.35. The van der Waals surface area contributed by atoms with E-state index in [0.717, 1.165) is 22.0 Å². The van der Waals surface area contributed by atoms with E-state index in [4.69, 9.17) is 19.5 Å². The monoisotopic (exact) mass is 622 g/mol. The van der Waals surface area contributed by atoms with Gasteiger partial charge in [0, 0.05) is 34.9 Å². The molecule has 0 spiro atoms. The number of para-hydroxylation sites is 1. The van der Waals surface area contributed by atoms with E-state index in [9.17, 15) is 14.7 Å². The van der Waals surface area contributed by atoms with E-state index < -0.39 is 24.3 Å². The van der Waals surface area contributed by atoms with Gasteiger partial charge in [-0.15, -0.1) is 0 Å². The van der Waals surface area contributed by atoms with Gasteiger partial charge in [-0.2, -0.15) is 10.4 Å². The predicted octanol–water partition coefficient (Wildman–Crippen LogP) is 4.08. The van der Waals surface area contributed by atoms with Crippen molar-refractivity contribution in [1.82, 2.24) is 20.6 Å². The number of nitrogens with zero attached hydrogens (tertiary/aromatic N) is 3. The van der Waals surface area contributed by atoms with Crippen LogP contribution in [0.3, 0.4) is 0 Å². The largest absolute Gasteiger partial charge is 0.490 e. The predicted molar refractivity (Wildman–Crippen MR) is 171 cm³/mol. The fourth-order valence-electron chi connectivity index (χ4n) is 5.21. The molecule has 0 radical (unpaired) electrons. The van der Waals surface area contributed by atoms with Crippen LogP contribution in [0.2, 0.25) is 0 Å². The molecule has 2 heterocycles. The van der Waals surface area contributed by atoms with E-state index in [1.165, 1.54) is 7.11 Å². The molecule has 4 aromatic rings. The number of aliphatic hydroxyl groups excluding tert-OH is 1. The number of nitrogens with one attached hydrogen (secondary N) is 3. The summed E-state index contributed by atoms with van der Waals surface area (Å²) in [6.07, 6.45) is 2.49. The number of amides is 2. The van der Waals surface area contributed by atoms with Crippen molar-refractivity contribution in [2.75, 3.05) is 20.3 Å². The number of carbonyl (C=O) groups is 2. The van der Waals surface area contributed by atoms with E-state index in [0.29, 0.717) is 41.5 Å². The van der Waals surface area contributed by atoms with Crippen LogP contribution in [0.4, 0.5) is 4.79 Å². The van der Waals surface area contributed by atoms with E-state index in [2.05, 4.69) is 31.8 Å². The maximum Gasteiger partial charge on any atom is 0.337 e. The van der Waals surface area contributed by atoms with Gasteiger partial charge in [-0.3, -0.25) is 5.43 Å². The molecule has 1 aliphatic heterocycles. The number of urea groups is 1. The van der Waals surface area contributed by atoms with E-state index in [1.807, 2.05) is 49.5 Å². The average Bonchev–Trinajstić information content (AvgIpc) is 3.40. The number of ether oxygens (including phenoxy) is 3. The number of allylic oxidation sites excluding steroid dienone is 1. The molecule has 0 aliphatic carbocycles. The summed E-state index contributed by atoms with van der Waals surface area (Å²) in [5.41, 5.74) is 7.51. The fourth-order valence-corrected chi connectivity index (χ4v) is 5.21. The number of methoxy groups -OCH3 is 1. The Hall–Kier alpha value is -5.80. The zero-order valence-electron chi connectivity index (χ0n) is 25.6. The lowest BCUT2D eigenvalue weighted by Crippen LogP contribution is -2.45. The third kappa shape index (κ3) is 7.11. The summed E-state index contributed by atoms with van der Waals surface area (Å²) >= 11 is 0. The highest BCUT2D eigenvalue weighted by Crippen LogP contribution is 2.35. The molecular formula is C34H34N6O6. The number of hydrazone groups is 1. The number of rotatable bonds is 12. The summed E-state index contributed by atoms with van der Waals surface area (Å²) in [6, 6.07) is 21.4. The standard InChI is InChI=1S/C34H34N6O6/c1-4-45-29-15-24(32-31(33(42)44-3)21(2)37-34(43)38-32)13-14-28(29)46-20-30(41)39-36-17-25-19-40(27-8-6-5-7-26(25)27)18-23-11-9-22(16-35)10-12-23/h5-15,17,19,30,32,39,41H,4,18,20H2,1-3H3,(H2,37,38,43)/b36-17+/t30-,32-/m1/s1. The summed E-state index contributed by atoms with van der Waals surface area (Å²) in [5.74, 6) is 0.168. The summed E-state index contributed by atoms with van der Waals surface area (Å²) in [6.45, 7) is 4.26. The highest BCUT2D eigenvalue weighted by molar-refractivity contribution is 5.99. The van der Waals surface area contributed by atoms with E-state index in [1.54, 1.807) is 43.5 Å². The van der Waals surface area contributed by atoms with Crippen LogP contribution in [0, 0.1) is 11.3 Å². The Morgan fingerprint density at radius 2 is 1.93 bits per heavy atom.